The van der Waals surface area contributed by atoms with Crippen molar-refractivity contribution in [2.24, 2.45) is 0 Å². The smallest absolute Gasteiger partial charge is 0.328 e. The molecule has 114 valence electrons. The molecule has 1 N–H and O–H groups in total. The largest absolute Gasteiger partial charge is 0.467 e. The number of rotatable bonds is 6. The number of ether oxygens (including phenoxy) is 1. The number of esters is 1. The van der Waals surface area contributed by atoms with Crippen molar-refractivity contribution >= 4 is 46.6 Å². The summed E-state index contributed by atoms with van der Waals surface area (Å²) in [6.45, 7) is 0. The molecule has 0 aromatic heterocycles. The monoisotopic (exact) mass is 349 g/mol. The lowest BCUT2D eigenvalue weighted by atomic mass is 10.1. The van der Waals surface area contributed by atoms with Crippen molar-refractivity contribution in [3.05, 3.63) is 48.2 Å². The number of ketones is 1. The molecule has 1 aromatic rings. The summed E-state index contributed by atoms with van der Waals surface area (Å²) in [5.74, 6) is -1.16. The highest BCUT2D eigenvalue weighted by atomic mass is 35.6. The van der Waals surface area contributed by atoms with Crippen molar-refractivity contribution in [3.63, 3.8) is 0 Å². The maximum absolute atomic E-state index is 11.7. The third kappa shape index (κ3) is 6.38. The van der Waals surface area contributed by atoms with Crippen LogP contribution < -0.4 is 5.32 Å². The molecule has 0 spiro atoms. The van der Waals surface area contributed by atoms with Gasteiger partial charge < -0.3 is 10.1 Å². The molecule has 0 unspecified atom stereocenters. The summed E-state index contributed by atoms with van der Waals surface area (Å²) in [7, 11) is 1.29. The zero-order chi connectivity index (χ0) is 15.9. The van der Waals surface area contributed by atoms with Gasteiger partial charge in [-0.15, -0.1) is 0 Å². The van der Waals surface area contributed by atoms with Gasteiger partial charge in [0, 0.05) is 18.7 Å². The zero-order valence-corrected chi connectivity index (χ0v) is 13.5. The van der Waals surface area contributed by atoms with Crippen LogP contribution in [-0.4, -0.2) is 28.7 Å². The number of hydrogen-bond donors (Lipinski definition) is 1. The number of hydrogen-bond acceptors (Lipinski definition) is 4. The van der Waals surface area contributed by atoms with Gasteiger partial charge in [-0.3, -0.25) is 4.79 Å². The molecule has 0 heterocycles. The van der Waals surface area contributed by atoms with Crippen LogP contribution in [0.1, 0.15) is 5.56 Å². The lowest BCUT2D eigenvalue weighted by Gasteiger charge is -2.15. The first-order valence-corrected chi connectivity index (χ1v) is 7.13. The number of halogens is 3. The molecule has 0 aliphatic rings. The molecule has 1 atom stereocenters. The average Bonchev–Trinajstić information content (AvgIpc) is 2.45. The summed E-state index contributed by atoms with van der Waals surface area (Å²) < 4.78 is 2.70. The minimum atomic E-state index is -2.02. The molecule has 0 bridgehead atoms. The molecule has 0 saturated heterocycles. The molecule has 1 aromatic carbocycles. The van der Waals surface area contributed by atoms with E-state index in [0.717, 1.165) is 11.6 Å². The average molecular weight is 351 g/mol. The first kappa shape index (κ1) is 17.8. The number of benzene rings is 1. The first-order chi connectivity index (χ1) is 9.84. The van der Waals surface area contributed by atoms with E-state index in [1.807, 2.05) is 30.3 Å². The number of carbonyl (C=O) groups is 2. The standard InChI is InChI=1S/C14H14Cl3NO3/c1-21-13(20)11(9-10-5-3-2-4-6-10)18-8-7-12(19)14(15,16)17/h2-8,11,18H,9H2,1H3/b8-7-/t11-/m0/s1. The van der Waals surface area contributed by atoms with Gasteiger partial charge in [0.2, 0.25) is 5.78 Å². The molecule has 0 aliphatic heterocycles. The van der Waals surface area contributed by atoms with Crippen molar-refractivity contribution in [1.82, 2.24) is 5.32 Å². The molecular formula is C14H14Cl3NO3. The Morgan fingerprint density at radius 3 is 2.43 bits per heavy atom. The number of alkyl halides is 3. The summed E-state index contributed by atoms with van der Waals surface area (Å²) in [5.41, 5.74) is 0.946. The third-order valence-corrected chi connectivity index (χ3v) is 3.14. The Bertz CT molecular complexity index is 512. The van der Waals surface area contributed by atoms with Gasteiger partial charge >= 0.3 is 5.97 Å². The van der Waals surface area contributed by atoms with E-state index in [1.54, 1.807) is 0 Å². The van der Waals surface area contributed by atoms with Gasteiger partial charge in [-0.05, 0) is 5.56 Å². The minimum absolute atomic E-state index is 0.403. The lowest BCUT2D eigenvalue weighted by Crippen LogP contribution is -2.36. The number of methoxy groups -OCH3 is 1. The lowest BCUT2D eigenvalue weighted by molar-refractivity contribution is -0.142. The highest BCUT2D eigenvalue weighted by molar-refractivity contribution is 6.77. The van der Waals surface area contributed by atoms with Gasteiger partial charge in [0.1, 0.15) is 6.04 Å². The quantitative estimate of drug-likeness (QED) is 0.487. The van der Waals surface area contributed by atoms with Gasteiger partial charge in [-0.1, -0.05) is 65.1 Å². The van der Waals surface area contributed by atoms with Crippen LogP contribution in [-0.2, 0) is 20.7 Å². The highest BCUT2D eigenvalue weighted by Crippen LogP contribution is 2.27. The van der Waals surface area contributed by atoms with E-state index in [0.29, 0.717) is 6.42 Å². The van der Waals surface area contributed by atoms with Crippen molar-refractivity contribution < 1.29 is 14.3 Å². The van der Waals surface area contributed by atoms with Crippen LogP contribution in [0.25, 0.3) is 0 Å². The molecule has 0 fully saturated rings. The SMILES string of the molecule is COC(=O)[C@H](Cc1ccccc1)N/C=C\C(=O)C(Cl)(Cl)Cl. The molecule has 0 aliphatic carbocycles. The topological polar surface area (TPSA) is 55.4 Å². The van der Waals surface area contributed by atoms with Crippen LogP contribution in [0.4, 0.5) is 0 Å². The fraction of sp³-hybridized carbons (Fsp3) is 0.286. The van der Waals surface area contributed by atoms with Gasteiger partial charge in [-0.25, -0.2) is 4.79 Å². The molecule has 0 saturated carbocycles. The summed E-state index contributed by atoms with van der Waals surface area (Å²) in [5, 5.41) is 2.77. The fourth-order valence-electron chi connectivity index (χ4n) is 1.54. The first-order valence-electron chi connectivity index (χ1n) is 6.00. The van der Waals surface area contributed by atoms with Crippen LogP contribution in [0.15, 0.2) is 42.6 Å². The fourth-order valence-corrected chi connectivity index (χ4v) is 1.73. The minimum Gasteiger partial charge on any atom is -0.467 e. The third-order valence-electron chi connectivity index (χ3n) is 2.58. The molecule has 21 heavy (non-hydrogen) atoms. The second-order valence-electron chi connectivity index (χ2n) is 4.13. The predicted octanol–water partition coefficient (Wildman–Crippen LogP) is 2.81. The summed E-state index contributed by atoms with van der Waals surface area (Å²) in [6.07, 6.45) is 2.74. The van der Waals surface area contributed by atoms with Crippen molar-refractivity contribution in [2.75, 3.05) is 7.11 Å². The normalized spacial score (nSPS) is 13.0. The highest BCUT2D eigenvalue weighted by Gasteiger charge is 2.28. The van der Waals surface area contributed by atoms with Crippen LogP contribution >= 0.6 is 34.8 Å². The van der Waals surface area contributed by atoms with Crippen LogP contribution in [0.5, 0.6) is 0 Å². The zero-order valence-electron chi connectivity index (χ0n) is 11.2. The Morgan fingerprint density at radius 1 is 1.29 bits per heavy atom. The Kier molecular flexibility index (Phi) is 7.02. The summed E-state index contributed by atoms with van der Waals surface area (Å²) in [4.78, 5) is 23.1. The molecule has 0 amide bonds. The summed E-state index contributed by atoms with van der Waals surface area (Å²) in [6, 6.07) is 8.74. The number of nitrogens with one attached hydrogen (secondary N) is 1. The second-order valence-corrected chi connectivity index (χ2v) is 6.41. The van der Waals surface area contributed by atoms with Crippen LogP contribution in [0.3, 0.4) is 0 Å². The molecule has 7 heteroatoms. The predicted molar refractivity (Wildman–Crippen MR) is 83.5 cm³/mol. The van der Waals surface area contributed by atoms with E-state index in [4.69, 9.17) is 39.5 Å². The van der Waals surface area contributed by atoms with Gasteiger partial charge in [-0.2, -0.15) is 0 Å². The Hall–Kier alpha value is -1.23. The molecule has 4 nitrogen and oxygen atoms in total. The van der Waals surface area contributed by atoms with Crippen LogP contribution in [0.2, 0.25) is 0 Å². The van der Waals surface area contributed by atoms with Crippen LogP contribution in [0, 0.1) is 0 Å². The molecule has 0 radical (unpaired) electrons. The maximum atomic E-state index is 11.7. The maximum Gasteiger partial charge on any atom is 0.328 e. The van der Waals surface area contributed by atoms with Gasteiger partial charge in [0.25, 0.3) is 3.79 Å². The van der Waals surface area contributed by atoms with Gasteiger partial charge in [0.15, 0.2) is 0 Å². The van der Waals surface area contributed by atoms with Crippen molar-refractivity contribution in [3.8, 4) is 0 Å². The van der Waals surface area contributed by atoms with Crippen molar-refractivity contribution in [1.29, 1.82) is 0 Å². The second kappa shape index (κ2) is 8.27. The Labute approximate surface area is 138 Å². The Morgan fingerprint density at radius 2 is 1.90 bits per heavy atom. The Balaban J connectivity index is 2.70. The molecule has 1 rings (SSSR count). The number of carbonyl (C=O) groups excluding carboxylic acids is 2. The van der Waals surface area contributed by atoms with E-state index in [2.05, 4.69) is 5.32 Å². The van der Waals surface area contributed by atoms with E-state index >= 15 is 0 Å². The van der Waals surface area contributed by atoms with Gasteiger partial charge in [0.05, 0.1) is 7.11 Å². The van der Waals surface area contributed by atoms with E-state index in [1.165, 1.54) is 13.3 Å². The summed E-state index contributed by atoms with van der Waals surface area (Å²) >= 11 is 16.3. The molecular weight excluding hydrogens is 337 g/mol. The van der Waals surface area contributed by atoms with E-state index < -0.39 is 21.6 Å². The van der Waals surface area contributed by atoms with E-state index in [-0.39, 0.29) is 0 Å². The number of allylic oxidation sites excluding steroid dienone is 1. The van der Waals surface area contributed by atoms with Crippen molar-refractivity contribution in [2.45, 2.75) is 16.3 Å². The van der Waals surface area contributed by atoms with E-state index in [9.17, 15) is 9.59 Å².